The highest BCUT2D eigenvalue weighted by Crippen LogP contribution is 2.29. The molecule has 0 atom stereocenters. The molecule has 1 aliphatic heterocycles. The third-order valence-corrected chi connectivity index (χ3v) is 6.52. The fourth-order valence-corrected chi connectivity index (χ4v) is 4.49. The lowest BCUT2D eigenvalue weighted by atomic mass is 10.0. The fourth-order valence-electron chi connectivity index (χ4n) is 3.81. The Labute approximate surface area is 181 Å². The smallest absolute Gasteiger partial charge is 0.252 e. The summed E-state index contributed by atoms with van der Waals surface area (Å²) in [5, 5.41) is 10.5. The summed E-state index contributed by atoms with van der Waals surface area (Å²) in [5.74, 6) is -0.0927. The largest absolute Gasteiger partial charge is 0.379 e. The van der Waals surface area contributed by atoms with Crippen LogP contribution in [-0.2, 0) is 4.74 Å². The van der Waals surface area contributed by atoms with Gasteiger partial charge in [0.2, 0.25) is 0 Å². The molecule has 8 heteroatoms. The number of rotatable bonds is 6. The molecule has 7 nitrogen and oxygen atoms in total. The van der Waals surface area contributed by atoms with Crippen LogP contribution in [0.15, 0.2) is 29.8 Å². The number of carbonyl (C=O) groups is 1. The van der Waals surface area contributed by atoms with Crippen molar-refractivity contribution in [2.24, 2.45) is 0 Å². The molecule has 4 heterocycles. The predicted molar refractivity (Wildman–Crippen MR) is 120 cm³/mol. The van der Waals surface area contributed by atoms with Crippen molar-refractivity contribution in [1.29, 1.82) is 0 Å². The lowest BCUT2D eigenvalue weighted by Gasteiger charge is -2.40. The van der Waals surface area contributed by atoms with Crippen LogP contribution in [0.4, 0.5) is 0 Å². The monoisotopic (exact) mass is 427 g/mol. The molecule has 1 aliphatic rings. The quantitative estimate of drug-likeness (QED) is 0.651. The molecular formula is C22H29N5O2S. The Hall–Kier alpha value is -2.29. The molecule has 0 aliphatic carbocycles. The number of ether oxygens (including phenoxy) is 1. The summed E-state index contributed by atoms with van der Waals surface area (Å²) in [6.07, 6.45) is 1.75. The van der Waals surface area contributed by atoms with Crippen LogP contribution in [0.1, 0.15) is 44.1 Å². The Bertz CT molecular complexity index is 1020. The molecule has 3 aromatic heterocycles. The number of pyridine rings is 1. The lowest BCUT2D eigenvalue weighted by Crippen LogP contribution is -2.55. The average molecular weight is 428 g/mol. The van der Waals surface area contributed by atoms with E-state index in [1.807, 2.05) is 28.3 Å². The van der Waals surface area contributed by atoms with Gasteiger partial charge in [0, 0.05) is 31.2 Å². The number of fused-ring (bicyclic) bond motifs is 1. The van der Waals surface area contributed by atoms with Gasteiger partial charge in [-0.1, -0.05) is 6.07 Å². The minimum atomic E-state index is -0.149. The minimum absolute atomic E-state index is 0.0927. The molecule has 0 spiro atoms. The maximum atomic E-state index is 13.3. The third-order valence-electron chi connectivity index (χ3n) is 5.62. The summed E-state index contributed by atoms with van der Waals surface area (Å²) in [4.78, 5) is 21.5. The van der Waals surface area contributed by atoms with Crippen molar-refractivity contribution in [3.8, 4) is 10.6 Å². The summed E-state index contributed by atoms with van der Waals surface area (Å²) >= 11 is 1.62. The van der Waals surface area contributed by atoms with E-state index in [2.05, 4.69) is 43.0 Å². The van der Waals surface area contributed by atoms with E-state index in [9.17, 15) is 4.79 Å². The summed E-state index contributed by atoms with van der Waals surface area (Å²) in [6.45, 7) is 12.2. The number of amides is 1. The highest BCUT2D eigenvalue weighted by Gasteiger charge is 2.29. The van der Waals surface area contributed by atoms with Gasteiger partial charge < -0.3 is 10.1 Å². The number of nitrogens with one attached hydrogen (secondary N) is 1. The molecule has 1 N–H and O–H groups in total. The van der Waals surface area contributed by atoms with Crippen LogP contribution in [0.5, 0.6) is 0 Å². The van der Waals surface area contributed by atoms with Gasteiger partial charge in [0.25, 0.3) is 5.91 Å². The number of aromatic nitrogens is 3. The predicted octanol–water partition coefficient (Wildman–Crippen LogP) is 3.58. The fraction of sp³-hybridized carbons (Fsp3) is 0.500. The highest BCUT2D eigenvalue weighted by molar-refractivity contribution is 7.13. The first-order chi connectivity index (χ1) is 14.4. The summed E-state index contributed by atoms with van der Waals surface area (Å²) in [7, 11) is 0. The molecule has 3 aromatic rings. The summed E-state index contributed by atoms with van der Waals surface area (Å²) in [5.41, 5.74) is 2.02. The number of morpholine rings is 1. The average Bonchev–Trinajstić information content (AvgIpc) is 3.42. The van der Waals surface area contributed by atoms with Crippen molar-refractivity contribution in [2.75, 3.05) is 32.8 Å². The first kappa shape index (κ1) is 21.0. The van der Waals surface area contributed by atoms with Crippen LogP contribution < -0.4 is 5.32 Å². The molecule has 0 radical (unpaired) electrons. The molecule has 4 rings (SSSR count). The van der Waals surface area contributed by atoms with Crippen molar-refractivity contribution in [3.63, 3.8) is 0 Å². The van der Waals surface area contributed by atoms with E-state index < -0.39 is 0 Å². The van der Waals surface area contributed by atoms with Gasteiger partial charge in [0.05, 0.1) is 40.9 Å². The SMILES string of the molecule is CC(C)n1ncc2c(C(=O)NCC(C)(C)N3CCOCC3)cc(-c3cccs3)nc21. The van der Waals surface area contributed by atoms with Crippen LogP contribution in [-0.4, -0.2) is 64.0 Å². The van der Waals surface area contributed by atoms with Gasteiger partial charge in [-0.2, -0.15) is 5.10 Å². The van der Waals surface area contributed by atoms with Crippen molar-refractivity contribution >= 4 is 28.3 Å². The Balaban J connectivity index is 1.64. The van der Waals surface area contributed by atoms with Gasteiger partial charge in [-0.15, -0.1) is 11.3 Å². The molecule has 160 valence electrons. The van der Waals surface area contributed by atoms with Crippen LogP contribution in [0.3, 0.4) is 0 Å². The molecule has 0 unspecified atom stereocenters. The number of hydrogen-bond donors (Lipinski definition) is 1. The van der Waals surface area contributed by atoms with Gasteiger partial charge >= 0.3 is 0 Å². The molecule has 0 saturated carbocycles. The number of nitrogens with zero attached hydrogens (tertiary/aromatic N) is 4. The number of hydrogen-bond acceptors (Lipinski definition) is 6. The third kappa shape index (κ3) is 4.12. The van der Waals surface area contributed by atoms with Crippen molar-refractivity contribution in [1.82, 2.24) is 25.0 Å². The van der Waals surface area contributed by atoms with E-state index in [1.165, 1.54) is 0 Å². The molecule has 0 aromatic carbocycles. The van der Waals surface area contributed by atoms with Gasteiger partial charge in [-0.25, -0.2) is 9.67 Å². The molecule has 1 amide bonds. The Morgan fingerprint density at radius 3 is 2.77 bits per heavy atom. The lowest BCUT2D eigenvalue weighted by molar-refractivity contribution is -0.00922. The van der Waals surface area contributed by atoms with Crippen molar-refractivity contribution in [2.45, 2.75) is 39.3 Å². The van der Waals surface area contributed by atoms with Crippen molar-refractivity contribution in [3.05, 3.63) is 35.3 Å². The topological polar surface area (TPSA) is 72.3 Å². The summed E-state index contributed by atoms with van der Waals surface area (Å²) < 4.78 is 7.34. The maximum absolute atomic E-state index is 13.3. The Morgan fingerprint density at radius 2 is 2.10 bits per heavy atom. The summed E-state index contributed by atoms with van der Waals surface area (Å²) in [6, 6.07) is 6.07. The van der Waals surface area contributed by atoms with Crippen LogP contribution in [0.2, 0.25) is 0 Å². The van der Waals surface area contributed by atoms with E-state index in [0.717, 1.165) is 47.9 Å². The van der Waals surface area contributed by atoms with Gasteiger partial charge in [-0.3, -0.25) is 9.69 Å². The van der Waals surface area contributed by atoms with Crippen LogP contribution in [0.25, 0.3) is 21.6 Å². The van der Waals surface area contributed by atoms with Gasteiger partial charge in [0.15, 0.2) is 5.65 Å². The van der Waals surface area contributed by atoms with Crippen molar-refractivity contribution < 1.29 is 9.53 Å². The minimum Gasteiger partial charge on any atom is -0.379 e. The van der Waals surface area contributed by atoms with E-state index in [-0.39, 0.29) is 17.5 Å². The van der Waals surface area contributed by atoms with Gasteiger partial charge in [0.1, 0.15) is 0 Å². The molecule has 0 bridgehead atoms. The Kier molecular flexibility index (Phi) is 5.90. The molecular weight excluding hydrogens is 398 g/mol. The Morgan fingerprint density at radius 1 is 1.33 bits per heavy atom. The zero-order valence-corrected chi connectivity index (χ0v) is 18.8. The second-order valence-corrected chi connectivity index (χ2v) is 9.49. The molecule has 30 heavy (non-hydrogen) atoms. The first-order valence-corrected chi connectivity index (χ1v) is 11.3. The van der Waals surface area contributed by atoms with Crippen LogP contribution >= 0.6 is 11.3 Å². The standard InChI is InChI=1S/C22H29N5O2S/c1-15(2)27-20-17(13-24-27)16(12-18(25-20)19-6-5-11-30-19)21(28)23-14-22(3,4)26-7-9-29-10-8-26/h5-6,11-13,15H,7-10,14H2,1-4H3,(H,23,28). The highest BCUT2D eigenvalue weighted by atomic mass is 32.1. The zero-order chi connectivity index (χ0) is 21.3. The van der Waals surface area contributed by atoms with Crippen LogP contribution in [0, 0.1) is 0 Å². The zero-order valence-electron chi connectivity index (χ0n) is 18.0. The second kappa shape index (κ2) is 8.45. The normalized spacial score (nSPS) is 15.8. The van der Waals surface area contributed by atoms with E-state index in [0.29, 0.717) is 12.1 Å². The van der Waals surface area contributed by atoms with E-state index in [1.54, 1.807) is 17.5 Å². The van der Waals surface area contributed by atoms with Gasteiger partial charge in [-0.05, 0) is 45.2 Å². The second-order valence-electron chi connectivity index (χ2n) is 8.55. The maximum Gasteiger partial charge on any atom is 0.252 e. The first-order valence-electron chi connectivity index (χ1n) is 10.4. The van der Waals surface area contributed by atoms with E-state index >= 15 is 0 Å². The molecule has 1 fully saturated rings. The number of carbonyl (C=O) groups excluding carboxylic acids is 1. The molecule has 1 saturated heterocycles. The number of thiophene rings is 1. The van der Waals surface area contributed by atoms with E-state index in [4.69, 9.17) is 9.72 Å².